The normalized spacial score (nSPS) is 14.5. The third-order valence-electron chi connectivity index (χ3n) is 4.76. The van der Waals surface area contributed by atoms with Crippen molar-refractivity contribution < 1.29 is 9.59 Å². The number of hydrogen-bond donors (Lipinski definition) is 1. The number of carbonyl (C=O) groups excluding carboxylic acids is 2. The van der Waals surface area contributed by atoms with Gasteiger partial charge in [0.2, 0.25) is 0 Å². The average Bonchev–Trinajstić information content (AvgIpc) is 3.15. The molecular weight excluding hydrogens is 298 g/mol. The van der Waals surface area contributed by atoms with Crippen molar-refractivity contribution in [3.8, 4) is 0 Å². The fourth-order valence-corrected chi connectivity index (χ4v) is 3.32. The maximum atomic E-state index is 12.3. The molecule has 0 heterocycles. The Kier molecular flexibility index (Phi) is 5.42. The van der Waals surface area contributed by atoms with Gasteiger partial charge < -0.3 is 5.32 Å². The van der Waals surface area contributed by atoms with Crippen molar-refractivity contribution >= 4 is 11.7 Å². The highest BCUT2D eigenvalue weighted by molar-refractivity contribution is 6.09. The van der Waals surface area contributed by atoms with Gasteiger partial charge >= 0.3 is 0 Å². The highest BCUT2D eigenvalue weighted by Crippen LogP contribution is 2.26. The van der Waals surface area contributed by atoms with Crippen LogP contribution in [0.25, 0.3) is 0 Å². The Labute approximate surface area is 143 Å². The lowest BCUT2D eigenvalue weighted by Gasteiger charge is -2.10. The number of hydrogen-bond acceptors (Lipinski definition) is 2. The zero-order valence-corrected chi connectivity index (χ0v) is 13.8. The number of ketones is 1. The molecule has 0 atom stereocenters. The molecular formula is C21H23NO2. The molecule has 1 aliphatic carbocycles. The smallest absolute Gasteiger partial charge is 0.251 e. The van der Waals surface area contributed by atoms with E-state index in [0.717, 1.165) is 18.9 Å². The van der Waals surface area contributed by atoms with Crippen molar-refractivity contribution in [2.24, 2.45) is 5.92 Å². The van der Waals surface area contributed by atoms with Crippen molar-refractivity contribution in [1.29, 1.82) is 0 Å². The van der Waals surface area contributed by atoms with Crippen LogP contribution in [0.4, 0.5) is 0 Å². The van der Waals surface area contributed by atoms with Crippen LogP contribution in [-0.2, 0) is 0 Å². The zero-order valence-electron chi connectivity index (χ0n) is 13.8. The van der Waals surface area contributed by atoms with Gasteiger partial charge in [0.15, 0.2) is 5.78 Å². The predicted octanol–water partition coefficient (Wildman–Crippen LogP) is 4.23. The largest absolute Gasteiger partial charge is 0.352 e. The lowest BCUT2D eigenvalue weighted by atomic mass is 10.0. The van der Waals surface area contributed by atoms with Crippen molar-refractivity contribution in [3.05, 3.63) is 71.3 Å². The summed E-state index contributed by atoms with van der Waals surface area (Å²) < 4.78 is 0. The standard InChI is InChI=1S/C21H23NO2/c23-20(17-8-2-1-3-9-17)18-10-12-19(13-11-18)21(24)22-15-14-16-6-4-5-7-16/h1-3,8-13,16H,4-7,14-15H2,(H,22,24). The molecule has 3 nitrogen and oxygen atoms in total. The van der Waals surface area contributed by atoms with Gasteiger partial charge in [-0.25, -0.2) is 0 Å². The van der Waals surface area contributed by atoms with Gasteiger partial charge in [0.05, 0.1) is 0 Å². The van der Waals surface area contributed by atoms with Crippen LogP contribution in [0.15, 0.2) is 54.6 Å². The van der Waals surface area contributed by atoms with E-state index in [1.165, 1.54) is 25.7 Å². The molecule has 0 saturated heterocycles. The molecule has 0 unspecified atom stereocenters. The summed E-state index contributed by atoms with van der Waals surface area (Å²) in [5.74, 6) is 0.687. The van der Waals surface area contributed by atoms with Gasteiger partial charge in [0.25, 0.3) is 5.91 Å². The van der Waals surface area contributed by atoms with Crippen LogP contribution in [0.5, 0.6) is 0 Å². The van der Waals surface area contributed by atoms with Gasteiger partial charge in [-0.1, -0.05) is 68.1 Å². The van der Waals surface area contributed by atoms with Crippen molar-refractivity contribution in [1.82, 2.24) is 5.32 Å². The number of amides is 1. The van der Waals surface area contributed by atoms with Crippen LogP contribution in [0, 0.1) is 5.92 Å². The molecule has 24 heavy (non-hydrogen) atoms. The van der Waals surface area contributed by atoms with E-state index in [4.69, 9.17) is 0 Å². The van der Waals surface area contributed by atoms with Gasteiger partial charge in [-0.05, 0) is 24.5 Å². The maximum absolute atomic E-state index is 12.3. The molecule has 0 spiro atoms. The first kappa shape index (κ1) is 16.4. The summed E-state index contributed by atoms with van der Waals surface area (Å²) in [5, 5.41) is 2.98. The minimum absolute atomic E-state index is 0.0243. The summed E-state index contributed by atoms with van der Waals surface area (Å²) in [5.41, 5.74) is 1.86. The molecule has 0 bridgehead atoms. The minimum Gasteiger partial charge on any atom is -0.352 e. The van der Waals surface area contributed by atoms with Crippen LogP contribution in [0.1, 0.15) is 58.4 Å². The quantitative estimate of drug-likeness (QED) is 0.809. The van der Waals surface area contributed by atoms with E-state index in [-0.39, 0.29) is 11.7 Å². The molecule has 1 amide bonds. The van der Waals surface area contributed by atoms with E-state index in [1.54, 1.807) is 36.4 Å². The van der Waals surface area contributed by atoms with E-state index < -0.39 is 0 Å². The molecule has 0 aliphatic heterocycles. The summed E-state index contributed by atoms with van der Waals surface area (Å²) >= 11 is 0. The monoisotopic (exact) mass is 321 g/mol. The first-order valence-corrected chi connectivity index (χ1v) is 8.72. The summed E-state index contributed by atoms with van der Waals surface area (Å²) in [6.45, 7) is 0.730. The van der Waals surface area contributed by atoms with Crippen molar-refractivity contribution in [2.45, 2.75) is 32.1 Å². The highest BCUT2D eigenvalue weighted by Gasteiger charge is 2.15. The third-order valence-corrected chi connectivity index (χ3v) is 4.76. The molecule has 2 aromatic rings. The van der Waals surface area contributed by atoms with E-state index in [1.807, 2.05) is 18.2 Å². The molecule has 2 aromatic carbocycles. The fraction of sp³-hybridized carbons (Fsp3) is 0.333. The van der Waals surface area contributed by atoms with E-state index in [2.05, 4.69) is 5.32 Å². The summed E-state index contributed by atoms with van der Waals surface area (Å²) in [7, 11) is 0. The Balaban J connectivity index is 1.55. The second-order valence-electron chi connectivity index (χ2n) is 6.47. The molecule has 0 radical (unpaired) electrons. The number of benzene rings is 2. The topological polar surface area (TPSA) is 46.2 Å². The summed E-state index contributed by atoms with van der Waals surface area (Å²) in [6, 6.07) is 16.1. The van der Waals surface area contributed by atoms with Gasteiger partial charge in [0, 0.05) is 23.2 Å². The molecule has 1 fully saturated rings. The van der Waals surface area contributed by atoms with Crippen LogP contribution >= 0.6 is 0 Å². The maximum Gasteiger partial charge on any atom is 0.251 e. The van der Waals surface area contributed by atoms with Gasteiger partial charge in [-0.2, -0.15) is 0 Å². The molecule has 1 saturated carbocycles. The third kappa shape index (κ3) is 4.10. The van der Waals surface area contributed by atoms with Crippen molar-refractivity contribution in [3.63, 3.8) is 0 Å². The number of carbonyl (C=O) groups is 2. The average molecular weight is 321 g/mol. The fourth-order valence-electron chi connectivity index (χ4n) is 3.32. The van der Waals surface area contributed by atoms with E-state index in [0.29, 0.717) is 16.7 Å². The van der Waals surface area contributed by atoms with Crippen molar-refractivity contribution in [2.75, 3.05) is 6.54 Å². The second-order valence-corrected chi connectivity index (χ2v) is 6.47. The minimum atomic E-state index is -0.0632. The van der Waals surface area contributed by atoms with E-state index >= 15 is 0 Å². The number of nitrogens with one attached hydrogen (secondary N) is 1. The first-order chi connectivity index (χ1) is 11.7. The Hall–Kier alpha value is -2.42. The second kappa shape index (κ2) is 7.91. The molecule has 3 rings (SSSR count). The summed E-state index contributed by atoms with van der Waals surface area (Å²) in [4.78, 5) is 24.5. The van der Waals surface area contributed by atoms with Gasteiger partial charge in [-0.3, -0.25) is 9.59 Å². The van der Waals surface area contributed by atoms with Gasteiger partial charge in [0.1, 0.15) is 0 Å². The summed E-state index contributed by atoms with van der Waals surface area (Å²) in [6.07, 6.45) is 6.32. The Morgan fingerprint density at radius 1 is 0.833 bits per heavy atom. The Bertz CT molecular complexity index is 686. The lowest BCUT2D eigenvalue weighted by molar-refractivity contribution is 0.0950. The highest BCUT2D eigenvalue weighted by atomic mass is 16.1. The number of rotatable bonds is 6. The molecule has 3 heteroatoms. The van der Waals surface area contributed by atoms with E-state index in [9.17, 15) is 9.59 Å². The lowest BCUT2D eigenvalue weighted by Crippen LogP contribution is -2.25. The predicted molar refractivity (Wildman–Crippen MR) is 95.2 cm³/mol. The van der Waals surface area contributed by atoms with Crippen LogP contribution in [-0.4, -0.2) is 18.2 Å². The van der Waals surface area contributed by atoms with Crippen LogP contribution < -0.4 is 5.32 Å². The molecule has 1 N–H and O–H groups in total. The van der Waals surface area contributed by atoms with Crippen LogP contribution in [0.2, 0.25) is 0 Å². The SMILES string of the molecule is O=C(NCCC1CCCC1)c1ccc(C(=O)c2ccccc2)cc1. The zero-order chi connectivity index (χ0) is 16.8. The molecule has 124 valence electrons. The first-order valence-electron chi connectivity index (χ1n) is 8.72. The van der Waals surface area contributed by atoms with Crippen LogP contribution in [0.3, 0.4) is 0 Å². The molecule has 1 aliphatic rings. The Morgan fingerprint density at radius 2 is 1.42 bits per heavy atom. The Morgan fingerprint density at radius 3 is 2.08 bits per heavy atom. The molecule has 0 aromatic heterocycles. The van der Waals surface area contributed by atoms with Gasteiger partial charge in [-0.15, -0.1) is 0 Å².